The lowest BCUT2D eigenvalue weighted by molar-refractivity contribution is -0.114. The van der Waals surface area contributed by atoms with Gasteiger partial charge in [0.15, 0.2) is 0 Å². The van der Waals surface area contributed by atoms with Gasteiger partial charge in [-0.3, -0.25) is 14.7 Å². The third-order valence-corrected chi connectivity index (χ3v) is 4.73. The average Bonchev–Trinajstić information content (AvgIpc) is 3.13. The zero-order valence-corrected chi connectivity index (χ0v) is 15.9. The number of nitrogens with zero attached hydrogens (tertiary/aromatic N) is 3. The standard InChI is InChI=1S/C22H20N4O2/c1-14-8-7-11-18(12-14)26-22(28)20(16(3)24-26)13-19-15(2)23-25(21(19)27)17-9-5-4-6-10-17/h4-13,24H,1-3H3/b19-13-. The summed E-state index contributed by atoms with van der Waals surface area (Å²) in [7, 11) is 0. The van der Waals surface area contributed by atoms with Gasteiger partial charge >= 0.3 is 0 Å². The van der Waals surface area contributed by atoms with Crippen molar-refractivity contribution in [3.05, 3.63) is 87.3 Å². The highest BCUT2D eigenvalue weighted by Gasteiger charge is 2.29. The second-order valence-electron chi connectivity index (χ2n) is 6.83. The van der Waals surface area contributed by atoms with Gasteiger partial charge in [0.05, 0.1) is 28.2 Å². The van der Waals surface area contributed by atoms with Crippen LogP contribution in [0.4, 0.5) is 5.69 Å². The van der Waals surface area contributed by atoms with Crippen LogP contribution >= 0.6 is 0 Å². The lowest BCUT2D eigenvalue weighted by atomic mass is 10.1. The van der Waals surface area contributed by atoms with E-state index in [4.69, 9.17) is 0 Å². The number of para-hydroxylation sites is 1. The Morgan fingerprint density at radius 1 is 0.929 bits per heavy atom. The van der Waals surface area contributed by atoms with Gasteiger partial charge in [0.2, 0.25) is 0 Å². The first-order chi connectivity index (χ1) is 13.5. The third kappa shape index (κ3) is 2.99. The summed E-state index contributed by atoms with van der Waals surface area (Å²) in [5.74, 6) is -0.245. The molecule has 0 radical (unpaired) electrons. The first-order valence-corrected chi connectivity index (χ1v) is 9.01. The Hall–Kier alpha value is -3.67. The molecule has 6 heteroatoms. The quantitative estimate of drug-likeness (QED) is 0.714. The SMILES string of the molecule is CC1=NN(c2ccccc2)C(=O)/C1=C\c1c(C)[nH]n(-c2cccc(C)c2)c1=O. The topological polar surface area (TPSA) is 70.5 Å². The van der Waals surface area contributed by atoms with Crippen molar-refractivity contribution in [2.24, 2.45) is 5.10 Å². The van der Waals surface area contributed by atoms with E-state index in [1.807, 2.05) is 68.4 Å². The van der Waals surface area contributed by atoms with Gasteiger partial charge in [-0.1, -0.05) is 30.3 Å². The lowest BCUT2D eigenvalue weighted by Crippen LogP contribution is -2.21. The molecule has 0 bridgehead atoms. The number of anilines is 1. The van der Waals surface area contributed by atoms with Gasteiger partial charge in [-0.25, -0.2) is 4.68 Å². The Kier molecular flexibility index (Phi) is 4.31. The predicted molar refractivity (Wildman–Crippen MR) is 111 cm³/mol. The van der Waals surface area contributed by atoms with Crippen molar-refractivity contribution in [1.29, 1.82) is 0 Å². The van der Waals surface area contributed by atoms with Crippen LogP contribution in [0.2, 0.25) is 0 Å². The van der Waals surface area contributed by atoms with Crippen molar-refractivity contribution in [1.82, 2.24) is 9.78 Å². The van der Waals surface area contributed by atoms with E-state index in [-0.39, 0.29) is 11.5 Å². The molecule has 2 aromatic carbocycles. The molecule has 0 saturated heterocycles. The highest BCUT2D eigenvalue weighted by molar-refractivity contribution is 6.32. The van der Waals surface area contributed by atoms with Gasteiger partial charge in [-0.2, -0.15) is 10.1 Å². The molecule has 1 aromatic heterocycles. The Bertz CT molecular complexity index is 1180. The summed E-state index contributed by atoms with van der Waals surface area (Å²) in [6, 6.07) is 16.9. The van der Waals surface area contributed by atoms with E-state index in [1.165, 1.54) is 9.69 Å². The van der Waals surface area contributed by atoms with E-state index >= 15 is 0 Å². The summed E-state index contributed by atoms with van der Waals surface area (Å²) in [5, 5.41) is 8.83. The number of benzene rings is 2. The van der Waals surface area contributed by atoms with E-state index in [2.05, 4.69) is 10.2 Å². The van der Waals surface area contributed by atoms with Crippen molar-refractivity contribution in [3.63, 3.8) is 0 Å². The van der Waals surface area contributed by atoms with Gasteiger partial charge in [0.1, 0.15) is 0 Å². The molecule has 0 unspecified atom stereocenters. The maximum Gasteiger partial charge on any atom is 0.280 e. The van der Waals surface area contributed by atoms with Crippen LogP contribution in [0.5, 0.6) is 0 Å². The molecule has 6 nitrogen and oxygen atoms in total. The van der Waals surface area contributed by atoms with Crippen molar-refractivity contribution in [2.45, 2.75) is 20.8 Å². The second-order valence-corrected chi connectivity index (χ2v) is 6.83. The van der Waals surface area contributed by atoms with Gasteiger partial charge in [-0.05, 0) is 56.7 Å². The van der Waals surface area contributed by atoms with Crippen LogP contribution in [0.15, 0.2) is 70.1 Å². The Morgan fingerprint density at radius 2 is 1.64 bits per heavy atom. The van der Waals surface area contributed by atoms with Gasteiger partial charge < -0.3 is 0 Å². The molecule has 0 fully saturated rings. The number of rotatable bonds is 3. The highest BCUT2D eigenvalue weighted by Crippen LogP contribution is 2.24. The Labute approximate surface area is 162 Å². The second kappa shape index (κ2) is 6.81. The molecule has 1 aliphatic rings. The summed E-state index contributed by atoms with van der Waals surface area (Å²) < 4.78 is 1.50. The molecule has 1 amide bonds. The Morgan fingerprint density at radius 3 is 2.36 bits per heavy atom. The van der Waals surface area contributed by atoms with Crippen LogP contribution < -0.4 is 10.6 Å². The van der Waals surface area contributed by atoms with Crippen LogP contribution in [-0.4, -0.2) is 21.4 Å². The molecule has 0 spiro atoms. The number of hydrogen-bond donors (Lipinski definition) is 1. The number of aromatic amines is 1. The highest BCUT2D eigenvalue weighted by atomic mass is 16.2. The summed E-state index contributed by atoms with van der Waals surface area (Å²) in [6.45, 7) is 5.57. The summed E-state index contributed by atoms with van der Waals surface area (Å²) >= 11 is 0. The fourth-order valence-corrected chi connectivity index (χ4v) is 3.25. The monoisotopic (exact) mass is 372 g/mol. The van der Waals surface area contributed by atoms with Crippen LogP contribution in [0, 0.1) is 13.8 Å². The summed E-state index contributed by atoms with van der Waals surface area (Å²) in [4.78, 5) is 25.9. The van der Waals surface area contributed by atoms with E-state index in [0.717, 1.165) is 11.3 Å². The molecule has 1 N–H and O–H groups in total. The van der Waals surface area contributed by atoms with Crippen LogP contribution in [0.1, 0.15) is 23.7 Å². The lowest BCUT2D eigenvalue weighted by Gasteiger charge is -2.10. The third-order valence-electron chi connectivity index (χ3n) is 4.73. The zero-order valence-electron chi connectivity index (χ0n) is 15.9. The molecule has 28 heavy (non-hydrogen) atoms. The Balaban J connectivity index is 1.75. The zero-order chi connectivity index (χ0) is 19.8. The number of amides is 1. The molecule has 0 atom stereocenters. The maximum atomic E-state index is 13.0. The molecule has 3 aromatic rings. The number of aromatic nitrogens is 2. The maximum absolute atomic E-state index is 13.0. The minimum atomic E-state index is -0.245. The molecule has 0 aliphatic carbocycles. The summed E-state index contributed by atoms with van der Waals surface area (Å²) in [6.07, 6.45) is 1.63. The number of carbonyl (C=O) groups is 1. The molecule has 140 valence electrons. The van der Waals surface area contributed by atoms with Crippen LogP contribution in [0.25, 0.3) is 11.8 Å². The normalized spacial score (nSPS) is 15.4. The van der Waals surface area contributed by atoms with Crippen molar-refractivity contribution in [3.8, 4) is 5.69 Å². The van der Waals surface area contributed by atoms with E-state index < -0.39 is 0 Å². The number of nitrogens with one attached hydrogen (secondary N) is 1. The average molecular weight is 372 g/mol. The van der Waals surface area contributed by atoms with Gasteiger partial charge in [-0.15, -0.1) is 0 Å². The van der Waals surface area contributed by atoms with Crippen molar-refractivity contribution < 1.29 is 4.79 Å². The van der Waals surface area contributed by atoms with Gasteiger partial charge in [0.25, 0.3) is 11.5 Å². The predicted octanol–water partition coefficient (Wildman–Crippen LogP) is 3.59. The van der Waals surface area contributed by atoms with Crippen LogP contribution in [0.3, 0.4) is 0 Å². The number of hydrogen-bond acceptors (Lipinski definition) is 3. The van der Waals surface area contributed by atoms with E-state index in [0.29, 0.717) is 28.2 Å². The molecule has 1 aliphatic heterocycles. The molecular weight excluding hydrogens is 352 g/mol. The minimum absolute atomic E-state index is 0.200. The van der Waals surface area contributed by atoms with Crippen molar-refractivity contribution >= 4 is 23.4 Å². The molecule has 0 saturated carbocycles. The van der Waals surface area contributed by atoms with Crippen molar-refractivity contribution in [2.75, 3.05) is 5.01 Å². The van der Waals surface area contributed by atoms with Crippen LogP contribution in [-0.2, 0) is 4.79 Å². The smallest absolute Gasteiger partial charge is 0.280 e. The molecular formula is C22H20N4O2. The fraction of sp³-hybridized carbons (Fsp3) is 0.136. The van der Waals surface area contributed by atoms with E-state index in [1.54, 1.807) is 13.0 Å². The number of hydrazone groups is 1. The number of carbonyl (C=O) groups excluding carboxylic acids is 1. The first-order valence-electron chi connectivity index (χ1n) is 9.01. The fourth-order valence-electron chi connectivity index (χ4n) is 3.25. The number of H-pyrrole nitrogens is 1. The van der Waals surface area contributed by atoms with E-state index in [9.17, 15) is 9.59 Å². The summed E-state index contributed by atoms with van der Waals surface area (Å²) in [5.41, 5.74) is 4.45. The number of aryl methyl sites for hydroxylation is 2. The molecule has 2 heterocycles. The first kappa shape index (κ1) is 17.7. The minimum Gasteiger partial charge on any atom is -0.295 e. The largest absolute Gasteiger partial charge is 0.295 e. The van der Waals surface area contributed by atoms with Gasteiger partial charge in [0, 0.05) is 5.69 Å². The molecule has 4 rings (SSSR count).